The second-order valence-corrected chi connectivity index (χ2v) is 8.49. The molecule has 0 spiro atoms. The van der Waals surface area contributed by atoms with Gasteiger partial charge in [-0.2, -0.15) is 0 Å². The number of hydrogen-bond donors (Lipinski definition) is 3. The Morgan fingerprint density at radius 1 is 0.444 bits per heavy atom. The fourth-order valence-corrected chi connectivity index (χ4v) is 4.07. The van der Waals surface area contributed by atoms with Crippen molar-refractivity contribution in [1.82, 2.24) is 0 Å². The van der Waals surface area contributed by atoms with E-state index in [0.29, 0.717) is 6.42 Å². The summed E-state index contributed by atoms with van der Waals surface area (Å²) in [4.78, 5) is 0. The van der Waals surface area contributed by atoms with Gasteiger partial charge >= 0.3 is 0 Å². The third-order valence-corrected chi connectivity index (χ3v) is 6.06. The van der Waals surface area contributed by atoms with Crippen molar-refractivity contribution < 1.29 is 15.3 Å². The van der Waals surface area contributed by atoms with Crippen molar-refractivity contribution in [3.63, 3.8) is 0 Å². The number of rotatable bonds is 22. The van der Waals surface area contributed by atoms with Gasteiger partial charge in [0, 0.05) is 19.8 Å². The Morgan fingerprint density at radius 3 is 1.11 bits per heavy atom. The molecule has 3 N–H and O–H groups in total. The Labute approximate surface area is 170 Å². The Bertz CT molecular complexity index is 270. The average Bonchev–Trinajstić information content (AvgIpc) is 2.69. The zero-order chi connectivity index (χ0) is 20.0. The van der Waals surface area contributed by atoms with Crippen LogP contribution in [0.2, 0.25) is 0 Å². The average molecular weight is 387 g/mol. The maximum absolute atomic E-state index is 9.49. The van der Waals surface area contributed by atoms with Crippen molar-refractivity contribution in [3.05, 3.63) is 0 Å². The molecule has 2 atom stereocenters. The summed E-state index contributed by atoms with van der Waals surface area (Å²) in [6, 6.07) is 0. The van der Waals surface area contributed by atoms with E-state index in [1.165, 1.54) is 96.3 Å². The summed E-state index contributed by atoms with van der Waals surface area (Å²) in [5.41, 5.74) is 0. The van der Waals surface area contributed by atoms with Crippen LogP contribution in [0.4, 0.5) is 0 Å². The summed E-state index contributed by atoms with van der Waals surface area (Å²) in [5.74, 6) is 0.199. The minimum absolute atomic E-state index is 0.0522. The third-order valence-electron chi connectivity index (χ3n) is 6.06. The van der Waals surface area contributed by atoms with Crippen LogP contribution in [0.1, 0.15) is 122 Å². The lowest BCUT2D eigenvalue weighted by atomic mass is 9.86. The molecule has 164 valence electrons. The van der Waals surface area contributed by atoms with Gasteiger partial charge in [0.25, 0.3) is 0 Å². The molecular weight excluding hydrogens is 336 g/mol. The molecule has 0 aliphatic carbocycles. The van der Waals surface area contributed by atoms with Gasteiger partial charge < -0.3 is 15.3 Å². The van der Waals surface area contributed by atoms with E-state index in [1.54, 1.807) is 0 Å². The van der Waals surface area contributed by atoms with Crippen LogP contribution in [-0.2, 0) is 0 Å². The fraction of sp³-hybridized carbons (Fsp3) is 1.00. The molecule has 3 heteroatoms. The second-order valence-electron chi connectivity index (χ2n) is 8.49. The first-order valence-electron chi connectivity index (χ1n) is 12.1. The maximum Gasteiger partial charge on any atom is 0.0463 e. The molecule has 0 fully saturated rings. The van der Waals surface area contributed by atoms with Crippen molar-refractivity contribution in [1.29, 1.82) is 0 Å². The number of hydrogen-bond acceptors (Lipinski definition) is 3. The lowest BCUT2D eigenvalue weighted by Gasteiger charge is -2.23. The van der Waals surface area contributed by atoms with E-state index in [4.69, 9.17) is 5.11 Å². The summed E-state index contributed by atoms with van der Waals surface area (Å²) in [5, 5.41) is 27.9. The fourth-order valence-electron chi connectivity index (χ4n) is 4.07. The van der Waals surface area contributed by atoms with E-state index in [1.807, 2.05) is 0 Å². The predicted molar refractivity (Wildman–Crippen MR) is 117 cm³/mol. The van der Waals surface area contributed by atoms with Crippen LogP contribution >= 0.6 is 0 Å². The van der Waals surface area contributed by atoms with Crippen LogP contribution < -0.4 is 0 Å². The zero-order valence-corrected chi connectivity index (χ0v) is 18.3. The van der Waals surface area contributed by atoms with Crippen LogP contribution in [0.5, 0.6) is 0 Å². The summed E-state index contributed by atoms with van der Waals surface area (Å²) >= 11 is 0. The highest BCUT2D eigenvalue weighted by molar-refractivity contribution is 4.69. The molecule has 0 aliphatic rings. The molecule has 0 saturated carbocycles. The van der Waals surface area contributed by atoms with Gasteiger partial charge in [-0.1, -0.05) is 110 Å². The predicted octanol–water partition coefficient (Wildman–Crippen LogP) is 6.24. The summed E-state index contributed by atoms with van der Waals surface area (Å²) in [7, 11) is 0. The molecule has 0 heterocycles. The first kappa shape index (κ1) is 26.9. The largest absolute Gasteiger partial charge is 0.396 e. The molecule has 0 aromatic rings. The highest BCUT2D eigenvalue weighted by Gasteiger charge is 2.19. The van der Waals surface area contributed by atoms with Gasteiger partial charge in [-0.3, -0.25) is 0 Å². The second kappa shape index (κ2) is 22.2. The minimum Gasteiger partial charge on any atom is -0.396 e. The molecule has 0 aliphatic heterocycles. The lowest BCUT2D eigenvalue weighted by molar-refractivity contribution is 0.0918. The molecule has 27 heavy (non-hydrogen) atoms. The normalized spacial score (nSPS) is 13.8. The lowest BCUT2D eigenvalue weighted by Crippen LogP contribution is -2.23. The number of aliphatic hydroxyl groups is 3. The zero-order valence-electron chi connectivity index (χ0n) is 18.3. The van der Waals surface area contributed by atoms with Gasteiger partial charge in [-0.15, -0.1) is 0 Å². The Balaban J connectivity index is 3.30. The topological polar surface area (TPSA) is 60.7 Å². The first-order chi connectivity index (χ1) is 13.3. The third kappa shape index (κ3) is 17.7. The monoisotopic (exact) mass is 386 g/mol. The van der Waals surface area contributed by atoms with E-state index in [-0.39, 0.29) is 31.7 Å². The maximum atomic E-state index is 9.49. The molecule has 0 aromatic carbocycles. The highest BCUT2D eigenvalue weighted by Crippen LogP contribution is 2.22. The van der Waals surface area contributed by atoms with E-state index in [0.717, 1.165) is 12.8 Å². The molecule has 0 rings (SSSR count). The van der Waals surface area contributed by atoms with Crippen molar-refractivity contribution in [2.75, 3.05) is 19.8 Å². The molecular formula is C24H50O3. The quantitative estimate of drug-likeness (QED) is 0.193. The highest BCUT2D eigenvalue weighted by atomic mass is 16.3. The van der Waals surface area contributed by atoms with Crippen molar-refractivity contribution in [2.45, 2.75) is 122 Å². The smallest absolute Gasteiger partial charge is 0.0463 e. The molecule has 0 bridgehead atoms. The first-order valence-corrected chi connectivity index (χ1v) is 12.1. The van der Waals surface area contributed by atoms with Crippen LogP contribution in [0.15, 0.2) is 0 Å². The van der Waals surface area contributed by atoms with Crippen molar-refractivity contribution in [3.8, 4) is 0 Å². The standard InChI is InChI=1S/C24H50O3/c1-2-3-4-5-6-7-8-9-10-11-12-13-14-15-16-17-18-23(21-26)24(22-27)19-20-25/h23-27H,2-22H2,1H3. The Morgan fingerprint density at radius 2 is 0.778 bits per heavy atom. The number of unbranched alkanes of at least 4 members (excludes halogenated alkanes) is 15. The van der Waals surface area contributed by atoms with Gasteiger partial charge in [-0.25, -0.2) is 0 Å². The Kier molecular flexibility index (Phi) is 22.1. The molecule has 0 saturated heterocycles. The van der Waals surface area contributed by atoms with E-state index >= 15 is 0 Å². The van der Waals surface area contributed by atoms with Crippen molar-refractivity contribution >= 4 is 0 Å². The van der Waals surface area contributed by atoms with Crippen LogP contribution in [0, 0.1) is 11.8 Å². The van der Waals surface area contributed by atoms with Crippen LogP contribution in [-0.4, -0.2) is 35.1 Å². The van der Waals surface area contributed by atoms with Gasteiger partial charge in [0.2, 0.25) is 0 Å². The minimum atomic E-state index is 0.0522. The molecule has 2 unspecified atom stereocenters. The molecule has 3 nitrogen and oxygen atoms in total. The van der Waals surface area contributed by atoms with E-state index < -0.39 is 0 Å². The summed E-state index contributed by atoms with van der Waals surface area (Å²) in [6.45, 7) is 2.58. The SMILES string of the molecule is CCCCCCCCCCCCCCCCCCC(CO)C(CO)CCO. The summed E-state index contributed by atoms with van der Waals surface area (Å²) < 4.78 is 0. The van der Waals surface area contributed by atoms with Crippen LogP contribution in [0.3, 0.4) is 0 Å². The Hall–Kier alpha value is -0.120. The van der Waals surface area contributed by atoms with E-state index in [2.05, 4.69) is 6.92 Å². The summed E-state index contributed by atoms with van der Waals surface area (Å²) in [6.07, 6.45) is 23.5. The van der Waals surface area contributed by atoms with E-state index in [9.17, 15) is 10.2 Å². The van der Waals surface area contributed by atoms with Gasteiger partial charge in [0.05, 0.1) is 0 Å². The van der Waals surface area contributed by atoms with Gasteiger partial charge in [0.1, 0.15) is 0 Å². The van der Waals surface area contributed by atoms with Gasteiger partial charge in [-0.05, 0) is 24.7 Å². The van der Waals surface area contributed by atoms with Crippen molar-refractivity contribution in [2.24, 2.45) is 11.8 Å². The number of aliphatic hydroxyl groups excluding tert-OH is 3. The van der Waals surface area contributed by atoms with Crippen LogP contribution in [0.25, 0.3) is 0 Å². The van der Waals surface area contributed by atoms with Gasteiger partial charge in [0.15, 0.2) is 0 Å². The molecule has 0 aromatic heterocycles. The molecule has 0 amide bonds. The molecule has 0 radical (unpaired) electrons.